The van der Waals surface area contributed by atoms with Crippen LogP contribution in [0.2, 0.25) is 0 Å². The van der Waals surface area contributed by atoms with E-state index in [1.807, 2.05) is 6.07 Å². The Morgan fingerprint density at radius 2 is 2.00 bits per heavy atom. The first-order valence-corrected chi connectivity index (χ1v) is 7.81. The Labute approximate surface area is 131 Å². The van der Waals surface area contributed by atoms with E-state index in [9.17, 15) is 0 Å². The first-order chi connectivity index (χ1) is 9.23. The molecule has 0 aromatic heterocycles. The summed E-state index contributed by atoms with van der Waals surface area (Å²) >= 11 is 3.54. The molecule has 0 fully saturated rings. The van der Waals surface area contributed by atoms with Crippen LogP contribution in [0.5, 0.6) is 5.75 Å². The molecule has 0 saturated carbocycles. The Morgan fingerprint density at radius 1 is 1.35 bits per heavy atom. The fourth-order valence-electron chi connectivity index (χ4n) is 1.78. The van der Waals surface area contributed by atoms with E-state index in [0.29, 0.717) is 5.92 Å². The predicted octanol–water partition coefficient (Wildman–Crippen LogP) is 4.89. The van der Waals surface area contributed by atoms with E-state index >= 15 is 0 Å². The highest BCUT2D eigenvalue weighted by Crippen LogP contribution is 2.27. The van der Waals surface area contributed by atoms with Crippen LogP contribution in [0.25, 0.3) is 6.08 Å². The molecule has 0 aliphatic carbocycles. The summed E-state index contributed by atoms with van der Waals surface area (Å²) in [6.07, 6.45) is 2.26. The van der Waals surface area contributed by atoms with Gasteiger partial charge in [0, 0.05) is 12.1 Å². The molecule has 112 valence electrons. The van der Waals surface area contributed by atoms with Crippen molar-refractivity contribution in [3.8, 4) is 5.75 Å². The highest BCUT2D eigenvalue weighted by molar-refractivity contribution is 9.10. The molecule has 20 heavy (non-hydrogen) atoms. The van der Waals surface area contributed by atoms with E-state index in [1.165, 1.54) is 11.1 Å². The molecular weight excluding hydrogens is 314 g/mol. The summed E-state index contributed by atoms with van der Waals surface area (Å²) < 4.78 is 6.25. The first-order valence-electron chi connectivity index (χ1n) is 7.02. The molecule has 0 saturated heterocycles. The lowest BCUT2D eigenvalue weighted by Gasteiger charge is -2.23. The minimum absolute atomic E-state index is 0.133. The van der Waals surface area contributed by atoms with Gasteiger partial charge in [0.25, 0.3) is 0 Å². The van der Waals surface area contributed by atoms with Gasteiger partial charge in [-0.05, 0) is 60.3 Å². The van der Waals surface area contributed by atoms with Crippen molar-refractivity contribution >= 4 is 22.0 Å². The Kier molecular flexibility index (Phi) is 6.28. The minimum Gasteiger partial charge on any atom is -0.496 e. The Morgan fingerprint density at radius 3 is 2.45 bits per heavy atom. The number of ether oxygens (including phenoxy) is 1. The van der Waals surface area contributed by atoms with Crippen molar-refractivity contribution in [3.63, 3.8) is 0 Å². The van der Waals surface area contributed by atoms with Crippen molar-refractivity contribution in [1.29, 1.82) is 0 Å². The molecule has 0 radical (unpaired) electrons. The maximum absolute atomic E-state index is 5.26. The maximum Gasteiger partial charge on any atom is 0.133 e. The second kappa shape index (κ2) is 7.28. The van der Waals surface area contributed by atoms with Gasteiger partial charge in [-0.2, -0.15) is 0 Å². The van der Waals surface area contributed by atoms with Gasteiger partial charge < -0.3 is 10.1 Å². The third-order valence-electron chi connectivity index (χ3n) is 3.09. The van der Waals surface area contributed by atoms with Crippen LogP contribution in [0.15, 0.2) is 28.2 Å². The standard InChI is InChI=1S/C17H26BrNO/c1-12(2)14(11-19-17(3,4)5)9-13-7-8-16(20-6)15(18)10-13/h7-10,12,19H,11H2,1-6H3. The number of hydrogen-bond donors (Lipinski definition) is 1. The van der Waals surface area contributed by atoms with Crippen LogP contribution in [0, 0.1) is 5.92 Å². The van der Waals surface area contributed by atoms with Crippen molar-refractivity contribution in [2.75, 3.05) is 13.7 Å². The highest BCUT2D eigenvalue weighted by Gasteiger charge is 2.11. The van der Waals surface area contributed by atoms with E-state index in [0.717, 1.165) is 16.8 Å². The topological polar surface area (TPSA) is 21.3 Å². The van der Waals surface area contributed by atoms with Gasteiger partial charge in [-0.3, -0.25) is 0 Å². The quantitative estimate of drug-likeness (QED) is 0.824. The zero-order valence-electron chi connectivity index (χ0n) is 13.4. The molecule has 0 heterocycles. The Balaban J connectivity index is 2.93. The van der Waals surface area contributed by atoms with Crippen LogP contribution in [-0.4, -0.2) is 19.2 Å². The fourth-order valence-corrected chi connectivity index (χ4v) is 2.33. The lowest BCUT2D eigenvalue weighted by atomic mass is 9.98. The van der Waals surface area contributed by atoms with Gasteiger partial charge in [0.1, 0.15) is 5.75 Å². The summed E-state index contributed by atoms with van der Waals surface area (Å²) in [7, 11) is 1.68. The van der Waals surface area contributed by atoms with Gasteiger partial charge >= 0.3 is 0 Å². The molecule has 1 aromatic rings. The zero-order valence-corrected chi connectivity index (χ0v) is 15.0. The third-order valence-corrected chi connectivity index (χ3v) is 3.71. The molecule has 2 nitrogen and oxygen atoms in total. The number of methoxy groups -OCH3 is 1. The monoisotopic (exact) mass is 339 g/mol. The average Bonchev–Trinajstić information content (AvgIpc) is 2.33. The largest absolute Gasteiger partial charge is 0.496 e. The molecular formula is C17H26BrNO. The van der Waals surface area contributed by atoms with Crippen molar-refractivity contribution in [1.82, 2.24) is 5.32 Å². The summed E-state index contributed by atoms with van der Waals surface area (Å²) in [5.41, 5.74) is 2.73. The van der Waals surface area contributed by atoms with Gasteiger partial charge in [0.2, 0.25) is 0 Å². The van der Waals surface area contributed by atoms with E-state index < -0.39 is 0 Å². The normalized spacial score (nSPS) is 12.9. The summed E-state index contributed by atoms with van der Waals surface area (Å²) in [5.74, 6) is 1.38. The Bertz CT molecular complexity index is 472. The summed E-state index contributed by atoms with van der Waals surface area (Å²) in [4.78, 5) is 0. The van der Waals surface area contributed by atoms with Crippen LogP contribution < -0.4 is 10.1 Å². The summed E-state index contributed by atoms with van der Waals surface area (Å²) in [6, 6.07) is 6.17. The fraction of sp³-hybridized carbons (Fsp3) is 0.529. The molecule has 0 bridgehead atoms. The van der Waals surface area contributed by atoms with Gasteiger partial charge in [-0.15, -0.1) is 0 Å². The molecule has 1 N–H and O–H groups in total. The zero-order chi connectivity index (χ0) is 15.3. The second-order valence-electron chi connectivity index (χ2n) is 6.37. The van der Waals surface area contributed by atoms with Gasteiger partial charge in [-0.1, -0.05) is 31.6 Å². The molecule has 0 atom stereocenters. The van der Waals surface area contributed by atoms with Crippen LogP contribution in [0.1, 0.15) is 40.2 Å². The smallest absolute Gasteiger partial charge is 0.133 e. The molecule has 0 unspecified atom stereocenters. The summed E-state index contributed by atoms with van der Waals surface area (Å²) in [5, 5.41) is 3.56. The molecule has 1 rings (SSSR count). The lowest BCUT2D eigenvalue weighted by Crippen LogP contribution is -2.37. The van der Waals surface area contributed by atoms with Gasteiger partial charge in [0.15, 0.2) is 0 Å². The highest BCUT2D eigenvalue weighted by atomic mass is 79.9. The van der Waals surface area contributed by atoms with Gasteiger partial charge in [0.05, 0.1) is 11.6 Å². The third kappa shape index (κ3) is 5.68. The van der Waals surface area contributed by atoms with Crippen molar-refractivity contribution < 1.29 is 4.74 Å². The molecule has 0 spiro atoms. The summed E-state index contributed by atoms with van der Waals surface area (Å²) in [6.45, 7) is 11.9. The SMILES string of the molecule is COc1ccc(C=C(CNC(C)(C)C)C(C)C)cc1Br. The molecule has 1 aromatic carbocycles. The van der Waals surface area contributed by atoms with Crippen molar-refractivity contribution in [2.45, 2.75) is 40.2 Å². The minimum atomic E-state index is 0.133. The Hall–Kier alpha value is -0.800. The first kappa shape index (κ1) is 17.3. The predicted molar refractivity (Wildman–Crippen MR) is 91.3 cm³/mol. The van der Waals surface area contributed by atoms with E-state index in [2.05, 4.69) is 74.1 Å². The van der Waals surface area contributed by atoms with E-state index in [4.69, 9.17) is 4.74 Å². The van der Waals surface area contributed by atoms with E-state index in [1.54, 1.807) is 7.11 Å². The number of halogens is 1. The van der Waals surface area contributed by atoms with Crippen LogP contribution in [0.3, 0.4) is 0 Å². The number of nitrogens with one attached hydrogen (secondary N) is 1. The van der Waals surface area contributed by atoms with Crippen molar-refractivity contribution in [2.24, 2.45) is 5.92 Å². The van der Waals surface area contributed by atoms with E-state index in [-0.39, 0.29) is 5.54 Å². The second-order valence-corrected chi connectivity index (χ2v) is 7.23. The van der Waals surface area contributed by atoms with Crippen LogP contribution >= 0.6 is 15.9 Å². The maximum atomic E-state index is 5.26. The average molecular weight is 340 g/mol. The van der Waals surface area contributed by atoms with Gasteiger partial charge in [-0.25, -0.2) is 0 Å². The lowest BCUT2D eigenvalue weighted by molar-refractivity contribution is 0.412. The molecule has 3 heteroatoms. The van der Waals surface area contributed by atoms with Crippen LogP contribution in [-0.2, 0) is 0 Å². The number of benzene rings is 1. The van der Waals surface area contributed by atoms with Crippen molar-refractivity contribution in [3.05, 3.63) is 33.8 Å². The molecule has 0 amide bonds. The molecule has 0 aliphatic heterocycles. The molecule has 0 aliphatic rings. The number of rotatable bonds is 5. The number of hydrogen-bond acceptors (Lipinski definition) is 2. The van der Waals surface area contributed by atoms with Crippen LogP contribution in [0.4, 0.5) is 0 Å².